The first-order valence-corrected chi connectivity index (χ1v) is 14.4. The van der Waals surface area contributed by atoms with Crippen molar-refractivity contribution >= 4 is 6.09 Å². The number of primary amides is 1. The van der Waals surface area contributed by atoms with Gasteiger partial charge in [-0.3, -0.25) is 0 Å². The first kappa shape index (κ1) is 30.2. The summed E-state index contributed by atoms with van der Waals surface area (Å²) in [5.74, 6) is 0. The van der Waals surface area contributed by atoms with E-state index in [1.807, 2.05) is 127 Å². The number of amides is 1. The predicted octanol–water partition coefficient (Wildman–Crippen LogP) is 6.36. The lowest BCUT2D eigenvalue weighted by Gasteiger charge is -2.45. The molecule has 222 valence electrons. The van der Waals surface area contributed by atoms with Crippen molar-refractivity contribution in [3.8, 4) is 0 Å². The zero-order valence-corrected chi connectivity index (χ0v) is 24.0. The second kappa shape index (κ2) is 15.3. The Morgan fingerprint density at radius 1 is 0.605 bits per heavy atom. The quantitative estimate of drug-likeness (QED) is 0.175. The van der Waals surface area contributed by atoms with E-state index in [4.69, 9.17) is 29.4 Å². The zero-order valence-electron chi connectivity index (χ0n) is 24.0. The standard InChI is InChI=1S/C36H37NO6/c37-35(38)43-36(27-39-23-28-13-5-1-6-14-28)22-21-32(40-24-29-15-7-2-8-16-29)33(41-25-30-17-9-3-10-18-30)34(36)42-26-31-19-11-4-12-20-31/h1-22,32-34H,23-27H2,(H2,37,38)/t32-,33+,34-,36-/m0/s1. The van der Waals surface area contributed by atoms with Crippen LogP contribution in [-0.4, -0.2) is 36.6 Å². The Balaban J connectivity index is 1.46. The molecule has 7 heteroatoms. The molecule has 0 heterocycles. The number of hydrogen-bond donors (Lipinski definition) is 1. The van der Waals surface area contributed by atoms with Gasteiger partial charge in [0, 0.05) is 0 Å². The average molecular weight is 580 g/mol. The van der Waals surface area contributed by atoms with Crippen molar-refractivity contribution in [2.75, 3.05) is 6.61 Å². The van der Waals surface area contributed by atoms with Crippen molar-refractivity contribution in [2.24, 2.45) is 5.73 Å². The lowest BCUT2D eigenvalue weighted by atomic mass is 9.84. The van der Waals surface area contributed by atoms with Crippen molar-refractivity contribution < 1.29 is 28.5 Å². The molecule has 0 aromatic heterocycles. The molecule has 4 atom stereocenters. The summed E-state index contributed by atoms with van der Waals surface area (Å²) in [4.78, 5) is 12.4. The molecule has 43 heavy (non-hydrogen) atoms. The van der Waals surface area contributed by atoms with E-state index in [9.17, 15) is 4.79 Å². The van der Waals surface area contributed by atoms with Crippen LogP contribution in [0.1, 0.15) is 22.3 Å². The van der Waals surface area contributed by atoms with E-state index in [0.717, 1.165) is 22.3 Å². The van der Waals surface area contributed by atoms with Crippen LogP contribution in [0.4, 0.5) is 4.79 Å². The van der Waals surface area contributed by atoms with E-state index in [1.165, 1.54) is 0 Å². The fourth-order valence-corrected chi connectivity index (χ4v) is 5.12. The third-order valence-electron chi connectivity index (χ3n) is 7.24. The summed E-state index contributed by atoms with van der Waals surface area (Å²) in [5.41, 5.74) is 8.25. The molecule has 1 aliphatic rings. The fourth-order valence-electron chi connectivity index (χ4n) is 5.12. The van der Waals surface area contributed by atoms with Crippen LogP contribution >= 0.6 is 0 Å². The maximum absolute atomic E-state index is 12.4. The summed E-state index contributed by atoms with van der Waals surface area (Å²) in [7, 11) is 0. The zero-order chi connectivity index (χ0) is 29.7. The highest BCUT2D eigenvalue weighted by Crippen LogP contribution is 2.35. The Labute approximate surface area is 252 Å². The molecule has 1 amide bonds. The summed E-state index contributed by atoms with van der Waals surface area (Å²) in [6, 6.07) is 39.4. The van der Waals surface area contributed by atoms with Crippen molar-refractivity contribution in [1.29, 1.82) is 0 Å². The van der Waals surface area contributed by atoms with Crippen molar-refractivity contribution in [1.82, 2.24) is 0 Å². The van der Waals surface area contributed by atoms with Gasteiger partial charge < -0.3 is 29.4 Å². The van der Waals surface area contributed by atoms with Gasteiger partial charge in [0.1, 0.15) is 18.3 Å². The molecular formula is C36H37NO6. The molecule has 0 aliphatic heterocycles. The van der Waals surface area contributed by atoms with Gasteiger partial charge in [0.25, 0.3) is 0 Å². The molecule has 0 fully saturated rings. The number of carbonyl (C=O) groups excluding carboxylic acids is 1. The highest BCUT2D eigenvalue weighted by Gasteiger charge is 2.52. The predicted molar refractivity (Wildman–Crippen MR) is 164 cm³/mol. The Kier molecular flexibility index (Phi) is 10.7. The third-order valence-corrected chi connectivity index (χ3v) is 7.24. The first-order valence-electron chi connectivity index (χ1n) is 14.4. The van der Waals surface area contributed by atoms with Crippen LogP contribution in [0.15, 0.2) is 133 Å². The van der Waals surface area contributed by atoms with Gasteiger partial charge in [-0.15, -0.1) is 0 Å². The normalized spacial score (nSPS) is 21.3. The van der Waals surface area contributed by atoms with Crippen LogP contribution in [0.25, 0.3) is 0 Å². The van der Waals surface area contributed by atoms with Crippen LogP contribution in [0.5, 0.6) is 0 Å². The molecule has 0 spiro atoms. The third kappa shape index (κ3) is 8.63. The van der Waals surface area contributed by atoms with Gasteiger partial charge in [-0.2, -0.15) is 0 Å². The van der Waals surface area contributed by atoms with Crippen molar-refractivity contribution in [3.63, 3.8) is 0 Å². The molecule has 4 aromatic carbocycles. The highest BCUT2D eigenvalue weighted by molar-refractivity contribution is 5.66. The van der Waals surface area contributed by atoms with E-state index < -0.39 is 30.0 Å². The molecular weight excluding hydrogens is 542 g/mol. The van der Waals surface area contributed by atoms with Gasteiger partial charge in [-0.1, -0.05) is 127 Å². The lowest BCUT2D eigenvalue weighted by Crippen LogP contribution is -2.61. The number of benzene rings is 4. The maximum atomic E-state index is 12.4. The van der Waals surface area contributed by atoms with Crippen molar-refractivity contribution in [2.45, 2.75) is 50.3 Å². The van der Waals surface area contributed by atoms with Crippen LogP contribution in [-0.2, 0) is 50.1 Å². The SMILES string of the molecule is NC(=O)O[C@]1(COCc2ccccc2)C=C[C@H](OCc2ccccc2)[C@@H](OCc2ccccc2)[C@@H]1OCc1ccccc1. The summed E-state index contributed by atoms with van der Waals surface area (Å²) in [6.45, 7) is 1.22. The number of carbonyl (C=O) groups is 1. The second-order valence-corrected chi connectivity index (χ2v) is 10.5. The number of hydrogen-bond acceptors (Lipinski definition) is 6. The Morgan fingerprint density at radius 2 is 1.05 bits per heavy atom. The summed E-state index contributed by atoms with van der Waals surface area (Å²) < 4.78 is 31.6. The molecule has 0 saturated carbocycles. The largest absolute Gasteiger partial charge is 0.433 e. The van der Waals surface area contributed by atoms with Crippen LogP contribution in [0.3, 0.4) is 0 Å². The van der Waals surface area contributed by atoms with Crippen LogP contribution in [0.2, 0.25) is 0 Å². The van der Waals surface area contributed by atoms with E-state index in [0.29, 0.717) is 19.8 Å². The molecule has 7 nitrogen and oxygen atoms in total. The van der Waals surface area contributed by atoms with Gasteiger partial charge in [0.15, 0.2) is 5.60 Å². The average Bonchev–Trinajstić information content (AvgIpc) is 3.04. The Morgan fingerprint density at radius 3 is 1.53 bits per heavy atom. The summed E-state index contributed by atoms with van der Waals surface area (Å²) in [5, 5.41) is 0. The minimum atomic E-state index is -1.37. The topological polar surface area (TPSA) is 89.2 Å². The molecule has 2 N–H and O–H groups in total. The fraction of sp³-hybridized carbons (Fsp3) is 0.250. The molecule has 0 bridgehead atoms. The van der Waals surface area contributed by atoms with Gasteiger partial charge in [-0.05, 0) is 28.3 Å². The van der Waals surface area contributed by atoms with E-state index in [2.05, 4.69) is 0 Å². The van der Waals surface area contributed by atoms with Gasteiger partial charge in [-0.25, -0.2) is 4.79 Å². The smallest absolute Gasteiger partial charge is 0.405 e. The summed E-state index contributed by atoms with van der Waals surface area (Å²) >= 11 is 0. The molecule has 4 aromatic rings. The Bertz CT molecular complexity index is 1420. The monoisotopic (exact) mass is 579 g/mol. The highest BCUT2D eigenvalue weighted by atomic mass is 16.6. The van der Waals surface area contributed by atoms with Gasteiger partial charge >= 0.3 is 6.09 Å². The van der Waals surface area contributed by atoms with Gasteiger partial charge in [0.05, 0.1) is 33.0 Å². The van der Waals surface area contributed by atoms with Crippen molar-refractivity contribution in [3.05, 3.63) is 156 Å². The van der Waals surface area contributed by atoms with Crippen LogP contribution in [0, 0.1) is 0 Å². The first-order chi connectivity index (χ1) is 21.1. The van der Waals surface area contributed by atoms with E-state index in [-0.39, 0.29) is 13.2 Å². The Hall–Kier alpha value is -4.27. The minimum Gasteiger partial charge on any atom is -0.433 e. The van der Waals surface area contributed by atoms with Gasteiger partial charge in [0.2, 0.25) is 0 Å². The molecule has 0 unspecified atom stereocenters. The number of ether oxygens (including phenoxy) is 5. The summed E-state index contributed by atoms with van der Waals surface area (Å²) in [6.07, 6.45) is 0.699. The number of nitrogens with two attached hydrogens (primary N) is 1. The number of rotatable bonds is 14. The van der Waals surface area contributed by atoms with Crippen LogP contribution < -0.4 is 5.73 Å². The molecule has 1 aliphatic carbocycles. The second-order valence-electron chi connectivity index (χ2n) is 10.5. The lowest BCUT2D eigenvalue weighted by molar-refractivity contribution is -0.208. The maximum Gasteiger partial charge on any atom is 0.405 e. The van der Waals surface area contributed by atoms with E-state index >= 15 is 0 Å². The molecule has 0 saturated heterocycles. The molecule has 0 radical (unpaired) electrons. The molecule has 5 rings (SSSR count). The van der Waals surface area contributed by atoms with E-state index in [1.54, 1.807) is 6.08 Å². The minimum absolute atomic E-state index is 0.00259.